The largest absolute Gasteiger partial charge is 0.318 e. The van der Waals surface area contributed by atoms with Gasteiger partial charge in [0.2, 0.25) is 0 Å². The van der Waals surface area contributed by atoms with E-state index in [1.54, 1.807) is 24.4 Å². The summed E-state index contributed by atoms with van der Waals surface area (Å²) in [6.45, 7) is 4.01. The maximum atomic E-state index is 11.1. The van der Waals surface area contributed by atoms with Gasteiger partial charge in [0.15, 0.2) is 0 Å². The third-order valence-corrected chi connectivity index (χ3v) is 5.10. The molecule has 0 spiro atoms. The molecule has 4 rings (SSSR count). The number of hydrogen-bond acceptors (Lipinski definition) is 4. The first-order valence-electron chi connectivity index (χ1n) is 9.38. The van der Waals surface area contributed by atoms with E-state index < -0.39 is 4.92 Å². The van der Waals surface area contributed by atoms with Crippen LogP contribution >= 0.6 is 0 Å². The fourth-order valence-electron chi connectivity index (χ4n) is 3.66. The first-order valence-corrected chi connectivity index (χ1v) is 9.38. The van der Waals surface area contributed by atoms with Crippen molar-refractivity contribution in [2.24, 2.45) is 0 Å². The summed E-state index contributed by atoms with van der Waals surface area (Å²) in [5, 5.41) is 21.8. The average molecular weight is 394 g/mol. The van der Waals surface area contributed by atoms with Crippen molar-refractivity contribution in [2.75, 3.05) is 0 Å². The molecule has 0 atom stereocenters. The Labute approximate surface area is 173 Å². The summed E-state index contributed by atoms with van der Waals surface area (Å²) in [5.74, 6) is 0. The van der Waals surface area contributed by atoms with Crippen LogP contribution in [0.2, 0.25) is 0 Å². The van der Waals surface area contributed by atoms with Gasteiger partial charge in [-0.1, -0.05) is 18.2 Å². The summed E-state index contributed by atoms with van der Waals surface area (Å²) >= 11 is 0. The van der Waals surface area contributed by atoms with E-state index in [1.165, 1.54) is 12.1 Å². The van der Waals surface area contributed by atoms with Crippen LogP contribution in [0, 0.1) is 35.3 Å². The quantitative estimate of drug-likeness (QED) is 0.256. The zero-order valence-electron chi connectivity index (χ0n) is 16.5. The van der Waals surface area contributed by atoms with Gasteiger partial charge < -0.3 is 4.57 Å². The van der Waals surface area contributed by atoms with Crippen LogP contribution in [-0.4, -0.2) is 14.5 Å². The first-order chi connectivity index (χ1) is 14.5. The average Bonchev–Trinajstić information content (AvgIpc) is 3.04. The van der Waals surface area contributed by atoms with E-state index in [0.29, 0.717) is 11.1 Å². The second-order valence-corrected chi connectivity index (χ2v) is 7.02. The second kappa shape index (κ2) is 7.64. The molecule has 2 heterocycles. The van der Waals surface area contributed by atoms with E-state index in [9.17, 15) is 15.4 Å². The Bertz CT molecular complexity index is 1360. The number of pyridine rings is 1. The van der Waals surface area contributed by atoms with Crippen molar-refractivity contribution in [2.45, 2.75) is 13.8 Å². The molecule has 0 N–H and O–H groups in total. The van der Waals surface area contributed by atoms with Crippen LogP contribution in [0.1, 0.15) is 22.5 Å². The van der Waals surface area contributed by atoms with Gasteiger partial charge in [-0.25, -0.2) is 0 Å². The highest BCUT2D eigenvalue weighted by Gasteiger charge is 2.13. The third-order valence-electron chi connectivity index (χ3n) is 5.10. The monoisotopic (exact) mass is 394 g/mol. The highest BCUT2D eigenvalue weighted by molar-refractivity contribution is 5.90. The lowest BCUT2D eigenvalue weighted by Gasteiger charge is -2.10. The molecule has 0 fully saturated rings. The number of aromatic nitrogens is 2. The summed E-state index contributed by atoms with van der Waals surface area (Å²) in [6, 6.07) is 20.3. The number of non-ortho nitro benzene ring substituents is 1. The number of allylic oxidation sites excluding steroid dienone is 1. The number of nitrogens with zero attached hydrogens (tertiary/aromatic N) is 4. The van der Waals surface area contributed by atoms with E-state index in [1.807, 2.05) is 44.2 Å². The number of nitro groups is 1. The highest BCUT2D eigenvalue weighted by atomic mass is 16.6. The molecule has 30 heavy (non-hydrogen) atoms. The molecule has 2 aromatic heterocycles. The van der Waals surface area contributed by atoms with Crippen molar-refractivity contribution in [1.82, 2.24) is 9.55 Å². The van der Waals surface area contributed by atoms with Gasteiger partial charge in [-0.15, -0.1) is 0 Å². The van der Waals surface area contributed by atoms with E-state index in [0.717, 1.165) is 33.5 Å². The molecule has 0 aliphatic carbocycles. The molecular formula is C24H18N4O2. The van der Waals surface area contributed by atoms with Crippen LogP contribution in [-0.2, 0) is 0 Å². The van der Waals surface area contributed by atoms with Crippen LogP contribution in [0.25, 0.3) is 28.2 Å². The van der Waals surface area contributed by atoms with Crippen molar-refractivity contribution >= 4 is 28.2 Å². The lowest BCUT2D eigenvalue weighted by molar-refractivity contribution is -0.384. The van der Waals surface area contributed by atoms with Gasteiger partial charge in [-0.2, -0.15) is 5.26 Å². The van der Waals surface area contributed by atoms with Crippen LogP contribution < -0.4 is 0 Å². The molecule has 0 amide bonds. The summed E-state index contributed by atoms with van der Waals surface area (Å²) in [4.78, 5) is 15.0. The number of benzene rings is 2. The Balaban J connectivity index is 1.80. The van der Waals surface area contributed by atoms with Gasteiger partial charge in [-0.05, 0) is 61.4 Å². The lowest BCUT2D eigenvalue weighted by Crippen LogP contribution is -1.99. The van der Waals surface area contributed by atoms with Gasteiger partial charge in [-0.3, -0.25) is 15.1 Å². The number of nitro benzene ring substituents is 1. The molecular weight excluding hydrogens is 376 g/mol. The molecule has 2 aromatic carbocycles. The minimum absolute atomic E-state index is 0.0381. The van der Waals surface area contributed by atoms with Gasteiger partial charge in [0.25, 0.3) is 5.69 Å². The Morgan fingerprint density at radius 2 is 1.97 bits per heavy atom. The predicted molar refractivity (Wildman–Crippen MR) is 117 cm³/mol. The summed E-state index contributed by atoms with van der Waals surface area (Å²) in [7, 11) is 0. The molecule has 0 aliphatic heterocycles. The molecule has 6 heteroatoms. The molecule has 0 saturated heterocycles. The number of hydrogen-bond donors (Lipinski definition) is 0. The lowest BCUT2D eigenvalue weighted by atomic mass is 10.0. The Morgan fingerprint density at radius 3 is 2.73 bits per heavy atom. The van der Waals surface area contributed by atoms with Crippen LogP contribution in [0.15, 0.2) is 66.9 Å². The highest BCUT2D eigenvalue weighted by Crippen LogP contribution is 2.27. The molecule has 0 radical (unpaired) electrons. The number of fused-ring (bicyclic) bond motifs is 1. The van der Waals surface area contributed by atoms with Gasteiger partial charge in [0.1, 0.15) is 0 Å². The summed E-state index contributed by atoms with van der Waals surface area (Å²) in [6.07, 6.45) is 3.55. The van der Waals surface area contributed by atoms with Crippen molar-refractivity contribution in [3.63, 3.8) is 0 Å². The summed E-state index contributed by atoms with van der Waals surface area (Å²) in [5.41, 5.74) is 5.70. The first kappa shape index (κ1) is 19.1. The molecule has 0 unspecified atom stereocenters. The van der Waals surface area contributed by atoms with Crippen LogP contribution in [0.3, 0.4) is 0 Å². The standard InChI is InChI=1S/C24H18N4O2/c1-16-11-20(12-21(15-25)18-5-3-7-23(13-18)28(29)30)17(2)27(16)22-8-9-24-19(14-22)6-4-10-26-24/h3-14H,1-2H3. The topological polar surface area (TPSA) is 84.7 Å². The molecule has 4 aromatic rings. The number of nitriles is 1. The maximum absolute atomic E-state index is 11.1. The van der Waals surface area contributed by atoms with Crippen molar-refractivity contribution in [3.8, 4) is 11.8 Å². The fourth-order valence-corrected chi connectivity index (χ4v) is 3.66. The van der Waals surface area contributed by atoms with Crippen molar-refractivity contribution in [1.29, 1.82) is 5.26 Å². The van der Waals surface area contributed by atoms with E-state index in [-0.39, 0.29) is 5.69 Å². The zero-order chi connectivity index (χ0) is 21.3. The smallest absolute Gasteiger partial charge is 0.270 e. The maximum Gasteiger partial charge on any atom is 0.270 e. The van der Waals surface area contributed by atoms with E-state index in [2.05, 4.69) is 21.7 Å². The molecule has 0 saturated carbocycles. The molecule has 0 aliphatic rings. The van der Waals surface area contributed by atoms with Crippen LogP contribution in [0.4, 0.5) is 5.69 Å². The van der Waals surface area contributed by atoms with Gasteiger partial charge in [0, 0.05) is 40.8 Å². The third kappa shape index (κ3) is 3.45. The minimum atomic E-state index is -0.459. The van der Waals surface area contributed by atoms with Crippen molar-refractivity contribution in [3.05, 3.63) is 99.5 Å². The zero-order valence-corrected chi connectivity index (χ0v) is 16.5. The van der Waals surface area contributed by atoms with Crippen molar-refractivity contribution < 1.29 is 4.92 Å². The van der Waals surface area contributed by atoms with E-state index >= 15 is 0 Å². The molecule has 6 nitrogen and oxygen atoms in total. The Hall–Kier alpha value is -4.24. The number of aryl methyl sites for hydroxylation is 1. The normalized spacial score (nSPS) is 11.4. The molecule has 146 valence electrons. The Kier molecular flexibility index (Phi) is 4.87. The minimum Gasteiger partial charge on any atom is -0.318 e. The van der Waals surface area contributed by atoms with Gasteiger partial charge in [0.05, 0.1) is 22.1 Å². The van der Waals surface area contributed by atoms with Crippen LogP contribution in [0.5, 0.6) is 0 Å². The second-order valence-electron chi connectivity index (χ2n) is 7.02. The predicted octanol–water partition coefficient (Wildman–Crippen LogP) is 5.61. The van der Waals surface area contributed by atoms with Gasteiger partial charge >= 0.3 is 0 Å². The SMILES string of the molecule is Cc1cc(C=C(C#N)c2cccc([N+](=O)[O-])c2)c(C)n1-c1ccc2ncccc2c1. The van der Waals surface area contributed by atoms with E-state index in [4.69, 9.17) is 0 Å². The number of rotatable bonds is 4. The summed E-state index contributed by atoms with van der Waals surface area (Å²) < 4.78 is 2.13. The Morgan fingerprint density at radius 1 is 1.13 bits per heavy atom. The molecule has 0 bridgehead atoms. The fraction of sp³-hybridized carbons (Fsp3) is 0.0833.